The number of aryl methyl sites for hydroxylation is 1. The van der Waals surface area contributed by atoms with Gasteiger partial charge in [0.25, 0.3) is 5.91 Å². The van der Waals surface area contributed by atoms with Crippen LogP contribution in [0.1, 0.15) is 35.6 Å². The average molecular weight is 448 g/mol. The van der Waals surface area contributed by atoms with Gasteiger partial charge in [-0.1, -0.05) is 17.7 Å². The molecule has 0 saturated carbocycles. The number of methoxy groups -OCH3 is 1. The van der Waals surface area contributed by atoms with Crippen molar-refractivity contribution in [1.29, 1.82) is 0 Å². The van der Waals surface area contributed by atoms with Gasteiger partial charge < -0.3 is 15.2 Å². The summed E-state index contributed by atoms with van der Waals surface area (Å²) in [7, 11) is 1.32. The first kappa shape index (κ1) is 22.6. The van der Waals surface area contributed by atoms with Crippen LogP contribution in [0.25, 0.3) is 11.3 Å². The van der Waals surface area contributed by atoms with E-state index in [-0.39, 0.29) is 33.3 Å². The molecule has 0 spiro atoms. The van der Waals surface area contributed by atoms with Crippen molar-refractivity contribution in [3.63, 3.8) is 0 Å². The lowest BCUT2D eigenvalue weighted by atomic mass is 10.0. The molecule has 0 radical (unpaired) electrons. The molecule has 0 aliphatic heterocycles. The molecular weight excluding hydrogens is 428 g/mol. The SMILES string of the molecule is COc1cc(-c2cnc(C(C)(C)O)c(C)n2)c(F)cc1C(=O)Nc1c(F)cccc1Cl. The molecule has 0 bridgehead atoms. The van der Waals surface area contributed by atoms with E-state index < -0.39 is 23.1 Å². The van der Waals surface area contributed by atoms with Crippen molar-refractivity contribution >= 4 is 23.2 Å². The molecule has 2 aromatic carbocycles. The van der Waals surface area contributed by atoms with Crippen LogP contribution in [-0.2, 0) is 5.60 Å². The number of nitrogens with zero attached hydrogens (tertiary/aromatic N) is 2. The molecule has 0 atom stereocenters. The fourth-order valence-corrected chi connectivity index (χ4v) is 3.32. The number of carbonyl (C=O) groups excluding carboxylic acids is 1. The number of rotatable bonds is 5. The summed E-state index contributed by atoms with van der Waals surface area (Å²) in [5, 5.41) is 12.5. The topological polar surface area (TPSA) is 84.3 Å². The van der Waals surface area contributed by atoms with Crippen molar-refractivity contribution in [3.8, 4) is 17.0 Å². The summed E-state index contributed by atoms with van der Waals surface area (Å²) in [4.78, 5) is 21.2. The summed E-state index contributed by atoms with van der Waals surface area (Å²) in [6, 6.07) is 6.23. The van der Waals surface area contributed by atoms with Crippen molar-refractivity contribution in [2.24, 2.45) is 0 Å². The summed E-state index contributed by atoms with van der Waals surface area (Å²) >= 11 is 5.94. The molecular formula is C22H20ClF2N3O3. The van der Waals surface area contributed by atoms with Gasteiger partial charge in [0.2, 0.25) is 0 Å². The molecule has 6 nitrogen and oxygen atoms in total. The summed E-state index contributed by atoms with van der Waals surface area (Å²) in [6.07, 6.45) is 1.33. The Morgan fingerprint density at radius 1 is 1.23 bits per heavy atom. The number of anilines is 1. The van der Waals surface area contributed by atoms with Crippen LogP contribution in [-0.4, -0.2) is 28.1 Å². The van der Waals surface area contributed by atoms with Crippen molar-refractivity contribution in [2.75, 3.05) is 12.4 Å². The first-order valence-corrected chi connectivity index (χ1v) is 9.60. The van der Waals surface area contributed by atoms with Gasteiger partial charge in [-0.25, -0.2) is 13.8 Å². The van der Waals surface area contributed by atoms with E-state index in [1.54, 1.807) is 20.8 Å². The number of nitrogens with one attached hydrogen (secondary N) is 1. The summed E-state index contributed by atoms with van der Waals surface area (Å²) in [5.41, 5.74) is -0.534. The molecule has 3 aromatic rings. The van der Waals surface area contributed by atoms with E-state index in [1.807, 2.05) is 0 Å². The highest BCUT2D eigenvalue weighted by Crippen LogP contribution is 2.32. The lowest BCUT2D eigenvalue weighted by molar-refractivity contribution is 0.0726. The van der Waals surface area contributed by atoms with Gasteiger partial charge in [0.15, 0.2) is 0 Å². The lowest BCUT2D eigenvalue weighted by Crippen LogP contribution is -2.20. The zero-order chi connectivity index (χ0) is 22.9. The fraction of sp³-hybridized carbons (Fsp3) is 0.227. The third-order valence-corrected chi connectivity index (χ3v) is 4.85. The Morgan fingerprint density at radius 2 is 1.94 bits per heavy atom. The first-order chi connectivity index (χ1) is 14.5. The number of aromatic nitrogens is 2. The smallest absolute Gasteiger partial charge is 0.259 e. The molecule has 1 amide bonds. The molecule has 9 heteroatoms. The summed E-state index contributed by atoms with van der Waals surface area (Å²) < 4.78 is 34.2. The van der Waals surface area contributed by atoms with Crippen molar-refractivity contribution in [2.45, 2.75) is 26.4 Å². The average Bonchev–Trinajstić information content (AvgIpc) is 2.69. The molecule has 0 saturated heterocycles. The summed E-state index contributed by atoms with van der Waals surface area (Å²) in [6.45, 7) is 4.80. The first-order valence-electron chi connectivity index (χ1n) is 9.22. The Bertz CT molecular complexity index is 1140. The standard InChI is InChI=1S/C22H20ClF2N3O3/c1-11-20(22(2,3)30)26-10-17(27-11)12-9-18(31-4)13(8-16(12)25)21(29)28-19-14(23)6-5-7-15(19)24/h5-10,30H,1-4H3,(H,28,29). The van der Waals surface area contributed by atoms with E-state index in [0.717, 1.165) is 12.1 Å². The molecule has 2 N–H and O–H groups in total. The number of aliphatic hydroxyl groups is 1. The number of hydrogen-bond acceptors (Lipinski definition) is 5. The second kappa shape index (κ2) is 8.56. The largest absolute Gasteiger partial charge is 0.496 e. The second-order valence-electron chi connectivity index (χ2n) is 7.33. The molecule has 162 valence electrons. The number of ether oxygens (including phenoxy) is 1. The number of hydrogen-bond donors (Lipinski definition) is 2. The van der Waals surface area contributed by atoms with Gasteiger partial charge in [-0.2, -0.15) is 0 Å². The Hall–Kier alpha value is -3.10. The molecule has 0 unspecified atom stereocenters. The van der Waals surface area contributed by atoms with Gasteiger partial charge in [-0.15, -0.1) is 0 Å². The third kappa shape index (κ3) is 4.65. The number of amides is 1. The highest BCUT2D eigenvalue weighted by molar-refractivity contribution is 6.34. The molecule has 31 heavy (non-hydrogen) atoms. The Labute approximate surface area is 182 Å². The Morgan fingerprint density at radius 3 is 2.52 bits per heavy atom. The minimum Gasteiger partial charge on any atom is -0.496 e. The second-order valence-corrected chi connectivity index (χ2v) is 7.74. The quantitative estimate of drug-likeness (QED) is 0.582. The van der Waals surface area contributed by atoms with Gasteiger partial charge in [0.05, 0.1) is 46.7 Å². The minimum atomic E-state index is -1.21. The van der Waals surface area contributed by atoms with E-state index in [0.29, 0.717) is 11.4 Å². The predicted molar refractivity (Wildman–Crippen MR) is 113 cm³/mol. The summed E-state index contributed by atoms with van der Waals surface area (Å²) in [5.74, 6) is -2.23. The molecule has 1 aromatic heterocycles. The van der Waals surface area contributed by atoms with Crippen LogP contribution in [0.5, 0.6) is 5.75 Å². The van der Waals surface area contributed by atoms with Crippen LogP contribution < -0.4 is 10.1 Å². The maximum Gasteiger partial charge on any atom is 0.259 e. The Balaban J connectivity index is 2.01. The number of para-hydroxylation sites is 1. The zero-order valence-electron chi connectivity index (χ0n) is 17.3. The third-order valence-electron chi connectivity index (χ3n) is 4.54. The van der Waals surface area contributed by atoms with Gasteiger partial charge >= 0.3 is 0 Å². The van der Waals surface area contributed by atoms with Crippen molar-refractivity contribution in [1.82, 2.24) is 9.97 Å². The van der Waals surface area contributed by atoms with E-state index in [1.165, 1.54) is 31.5 Å². The van der Waals surface area contributed by atoms with Crippen LogP contribution in [0, 0.1) is 18.6 Å². The minimum absolute atomic E-state index is 0.00190. The maximum absolute atomic E-state index is 14.9. The molecule has 0 aliphatic carbocycles. The van der Waals surface area contributed by atoms with Crippen molar-refractivity contribution in [3.05, 3.63) is 70.1 Å². The van der Waals surface area contributed by atoms with Gasteiger partial charge in [0, 0.05) is 5.56 Å². The van der Waals surface area contributed by atoms with Gasteiger partial charge in [-0.05, 0) is 45.0 Å². The van der Waals surface area contributed by atoms with Crippen LogP contribution >= 0.6 is 11.6 Å². The normalized spacial score (nSPS) is 11.4. The Kier molecular flexibility index (Phi) is 6.24. The molecule has 0 fully saturated rings. The highest BCUT2D eigenvalue weighted by atomic mass is 35.5. The van der Waals surface area contributed by atoms with E-state index in [9.17, 15) is 18.7 Å². The van der Waals surface area contributed by atoms with Crippen LogP contribution in [0.4, 0.5) is 14.5 Å². The van der Waals surface area contributed by atoms with Crippen LogP contribution in [0.3, 0.4) is 0 Å². The van der Waals surface area contributed by atoms with E-state index >= 15 is 0 Å². The van der Waals surface area contributed by atoms with E-state index in [2.05, 4.69) is 15.3 Å². The zero-order valence-corrected chi connectivity index (χ0v) is 18.0. The fourth-order valence-electron chi connectivity index (χ4n) is 3.11. The molecule has 1 heterocycles. The molecule has 3 rings (SSSR count). The number of halogens is 3. The monoisotopic (exact) mass is 447 g/mol. The van der Waals surface area contributed by atoms with Gasteiger partial charge in [0.1, 0.15) is 23.0 Å². The van der Waals surface area contributed by atoms with Crippen molar-refractivity contribution < 1.29 is 23.4 Å². The highest BCUT2D eigenvalue weighted by Gasteiger charge is 2.24. The van der Waals surface area contributed by atoms with Gasteiger partial charge in [-0.3, -0.25) is 9.78 Å². The van der Waals surface area contributed by atoms with E-state index in [4.69, 9.17) is 16.3 Å². The number of carbonyl (C=O) groups is 1. The lowest BCUT2D eigenvalue weighted by Gasteiger charge is -2.19. The van der Waals surface area contributed by atoms with Crippen LogP contribution in [0.2, 0.25) is 5.02 Å². The van der Waals surface area contributed by atoms with Crippen LogP contribution in [0.15, 0.2) is 36.5 Å². The number of benzene rings is 2. The molecule has 0 aliphatic rings. The maximum atomic E-state index is 14.9. The predicted octanol–water partition coefficient (Wildman–Crippen LogP) is 4.87.